The quantitative estimate of drug-likeness (QED) is 0.469. The highest BCUT2D eigenvalue weighted by Crippen LogP contribution is 2.42. The van der Waals surface area contributed by atoms with Gasteiger partial charge in [0, 0.05) is 5.69 Å². The first-order chi connectivity index (χ1) is 8.98. The fourth-order valence-electron chi connectivity index (χ4n) is 1.47. The van der Waals surface area contributed by atoms with E-state index < -0.39 is 33.7 Å². The van der Waals surface area contributed by atoms with Gasteiger partial charge >= 0.3 is 21.2 Å². The molecule has 0 unspecified atom stereocenters. The first-order valence-electron chi connectivity index (χ1n) is 5.15. The van der Waals surface area contributed by atoms with Gasteiger partial charge < -0.3 is 29.6 Å². The Balaban J connectivity index is 3.06. The van der Waals surface area contributed by atoms with Gasteiger partial charge in [0.25, 0.3) is 0 Å². The number of hydrogen-bond acceptors (Lipinski definition) is 4. The smallest absolute Gasteiger partial charge is 0.344 e. The van der Waals surface area contributed by atoms with Crippen molar-refractivity contribution in [3.8, 4) is 0 Å². The molecule has 0 fully saturated rings. The molecule has 0 saturated heterocycles. The number of anilines is 1. The molecular formula is C9H13NO8P2. The predicted octanol–water partition coefficient (Wildman–Crippen LogP) is 0.462. The molecule has 0 aliphatic rings. The lowest BCUT2D eigenvalue weighted by molar-refractivity contribution is 0.0696. The van der Waals surface area contributed by atoms with Crippen molar-refractivity contribution < 1.29 is 38.6 Å². The molecule has 0 aliphatic heterocycles. The molecule has 0 aromatic heterocycles. The predicted molar refractivity (Wildman–Crippen MR) is 69.7 cm³/mol. The number of aromatic carboxylic acids is 1. The fourth-order valence-corrected chi connectivity index (χ4v) is 3.04. The van der Waals surface area contributed by atoms with Crippen molar-refractivity contribution in [2.24, 2.45) is 0 Å². The Hall–Kier alpha value is -1.21. The zero-order chi connectivity index (χ0) is 15.6. The molecule has 1 aromatic carbocycles. The standard InChI is InChI=1S/C9H13NO8P2/c11-9(12)7-1-3-8(4-2-7)10(5-19(13,14)15)6-20(16,17)18/h1-4H,5-6H2,(H,11,12)(H2,13,14,15)(H2,16,17,18). The van der Waals surface area contributed by atoms with Crippen molar-refractivity contribution in [1.29, 1.82) is 0 Å². The summed E-state index contributed by atoms with van der Waals surface area (Å²) in [5, 5.41) is 8.72. The van der Waals surface area contributed by atoms with Gasteiger partial charge in [-0.15, -0.1) is 0 Å². The molecule has 0 aliphatic carbocycles. The van der Waals surface area contributed by atoms with E-state index in [0.717, 1.165) is 4.90 Å². The summed E-state index contributed by atoms with van der Waals surface area (Å²) < 4.78 is 22.0. The van der Waals surface area contributed by atoms with E-state index in [1.165, 1.54) is 24.3 Å². The summed E-state index contributed by atoms with van der Waals surface area (Å²) in [4.78, 5) is 47.1. The summed E-state index contributed by atoms with van der Waals surface area (Å²) in [7, 11) is -9.08. The van der Waals surface area contributed by atoms with Crippen LogP contribution in [0.15, 0.2) is 24.3 Å². The van der Waals surface area contributed by atoms with Crippen LogP contribution in [0.4, 0.5) is 5.69 Å². The van der Waals surface area contributed by atoms with E-state index >= 15 is 0 Å². The number of hydrogen-bond donors (Lipinski definition) is 5. The van der Waals surface area contributed by atoms with Crippen LogP contribution in [0.3, 0.4) is 0 Å². The second kappa shape index (κ2) is 6.05. The van der Waals surface area contributed by atoms with Crippen molar-refractivity contribution >= 4 is 26.8 Å². The average Bonchev–Trinajstić information content (AvgIpc) is 2.24. The highest BCUT2D eigenvalue weighted by molar-refractivity contribution is 7.53. The molecule has 0 heterocycles. The van der Waals surface area contributed by atoms with Gasteiger partial charge in [-0.1, -0.05) is 0 Å². The van der Waals surface area contributed by atoms with Gasteiger partial charge in [-0.2, -0.15) is 0 Å². The third-order valence-electron chi connectivity index (χ3n) is 2.19. The molecule has 9 nitrogen and oxygen atoms in total. The molecule has 0 amide bonds. The summed E-state index contributed by atoms with van der Waals surface area (Å²) in [6.45, 7) is 0. The molecule has 11 heteroatoms. The lowest BCUT2D eigenvalue weighted by atomic mass is 10.2. The number of carboxylic acid groups (broad SMARTS) is 1. The Bertz CT molecular complexity index is 550. The maximum atomic E-state index is 11.0. The van der Waals surface area contributed by atoms with E-state index in [4.69, 9.17) is 24.7 Å². The van der Waals surface area contributed by atoms with Crippen LogP contribution in [0.25, 0.3) is 0 Å². The van der Waals surface area contributed by atoms with Crippen LogP contribution in [0.2, 0.25) is 0 Å². The van der Waals surface area contributed by atoms with Crippen LogP contribution in [-0.2, 0) is 9.13 Å². The highest BCUT2D eigenvalue weighted by Gasteiger charge is 2.26. The minimum absolute atomic E-state index is 0.0546. The molecule has 0 spiro atoms. The summed E-state index contributed by atoms with van der Waals surface area (Å²) in [6, 6.07) is 4.78. The molecule has 20 heavy (non-hydrogen) atoms. The number of carbonyl (C=O) groups is 1. The highest BCUT2D eigenvalue weighted by atomic mass is 31.2. The van der Waals surface area contributed by atoms with Gasteiger partial charge in [0.05, 0.1) is 5.56 Å². The molecule has 1 aromatic rings. The average molecular weight is 325 g/mol. The molecule has 0 bridgehead atoms. The Morgan fingerprint density at radius 2 is 1.35 bits per heavy atom. The first-order valence-corrected chi connectivity index (χ1v) is 8.75. The van der Waals surface area contributed by atoms with Gasteiger partial charge in [0.2, 0.25) is 0 Å². The number of rotatable bonds is 6. The summed E-state index contributed by atoms with van der Waals surface area (Å²) in [5.74, 6) is -1.19. The summed E-state index contributed by atoms with van der Waals surface area (Å²) in [5.41, 5.74) is 0.0442. The van der Waals surface area contributed by atoms with Crippen LogP contribution in [0, 0.1) is 0 Å². The molecule has 0 radical (unpaired) electrons. The van der Waals surface area contributed by atoms with Crippen LogP contribution >= 0.6 is 15.2 Å². The van der Waals surface area contributed by atoms with E-state index in [1.807, 2.05) is 0 Å². The Morgan fingerprint density at radius 1 is 0.950 bits per heavy atom. The second-order valence-corrected chi connectivity index (χ2v) is 7.23. The van der Waals surface area contributed by atoms with E-state index in [1.54, 1.807) is 0 Å². The Morgan fingerprint density at radius 3 is 1.65 bits per heavy atom. The third-order valence-corrected chi connectivity index (χ3v) is 3.61. The maximum absolute atomic E-state index is 11.0. The third kappa shape index (κ3) is 5.83. The zero-order valence-corrected chi connectivity index (χ0v) is 11.8. The zero-order valence-electron chi connectivity index (χ0n) is 10.0. The topological polar surface area (TPSA) is 156 Å². The second-order valence-electron chi connectivity index (χ2n) is 4.00. The van der Waals surface area contributed by atoms with E-state index in [-0.39, 0.29) is 11.3 Å². The first kappa shape index (κ1) is 16.8. The van der Waals surface area contributed by atoms with Gasteiger partial charge in [-0.05, 0) is 24.3 Å². The summed E-state index contributed by atoms with van der Waals surface area (Å²) in [6.07, 6.45) is -1.77. The van der Waals surface area contributed by atoms with Crippen molar-refractivity contribution in [3.05, 3.63) is 29.8 Å². The molecule has 5 N–H and O–H groups in total. The Kier molecular flexibility index (Phi) is 5.10. The molecular weight excluding hydrogens is 312 g/mol. The van der Waals surface area contributed by atoms with Crippen LogP contribution in [0.1, 0.15) is 10.4 Å². The van der Waals surface area contributed by atoms with Crippen molar-refractivity contribution in [2.75, 3.05) is 17.5 Å². The molecule has 0 saturated carbocycles. The lowest BCUT2D eigenvalue weighted by Gasteiger charge is -2.25. The minimum Gasteiger partial charge on any atom is -0.478 e. The van der Waals surface area contributed by atoms with Crippen molar-refractivity contribution in [1.82, 2.24) is 0 Å². The monoisotopic (exact) mass is 325 g/mol. The number of benzene rings is 1. The molecule has 112 valence electrons. The minimum atomic E-state index is -4.54. The van der Waals surface area contributed by atoms with Crippen LogP contribution < -0.4 is 4.90 Å². The van der Waals surface area contributed by atoms with E-state index in [2.05, 4.69) is 0 Å². The number of carboxylic acids is 1. The number of nitrogens with zero attached hydrogens (tertiary/aromatic N) is 1. The van der Waals surface area contributed by atoms with Gasteiger partial charge in [-0.25, -0.2) is 4.79 Å². The summed E-state index contributed by atoms with van der Waals surface area (Å²) >= 11 is 0. The fraction of sp³-hybridized carbons (Fsp3) is 0.222. The molecule has 1 rings (SSSR count). The molecule has 0 atom stereocenters. The SMILES string of the molecule is O=C(O)c1ccc(N(CP(=O)(O)O)CP(=O)(O)O)cc1. The normalized spacial score (nSPS) is 12.2. The van der Waals surface area contributed by atoms with E-state index in [0.29, 0.717) is 0 Å². The van der Waals surface area contributed by atoms with E-state index in [9.17, 15) is 13.9 Å². The van der Waals surface area contributed by atoms with Crippen molar-refractivity contribution in [2.45, 2.75) is 0 Å². The van der Waals surface area contributed by atoms with Crippen LogP contribution in [0.5, 0.6) is 0 Å². The van der Waals surface area contributed by atoms with Crippen LogP contribution in [-0.4, -0.2) is 43.2 Å². The van der Waals surface area contributed by atoms with Crippen molar-refractivity contribution in [3.63, 3.8) is 0 Å². The largest absolute Gasteiger partial charge is 0.478 e. The maximum Gasteiger partial charge on any atom is 0.344 e. The Labute approximate surface area is 113 Å². The van der Waals surface area contributed by atoms with Gasteiger partial charge in [-0.3, -0.25) is 9.13 Å². The lowest BCUT2D eigenvalue weighted by Crippen LogP contribution is -2.25. The van der Waals surface area contributed by atoms with Gasteiger partial charge in [0.1, 0.15) is 12.6 Å². The van der Waals surface area contributed by atoms with Gasteiger partial charge in [0.15, 0.2) is 0 Å².